The molecule has 1 unspecified atom stereocenters. The van der Waals surface area contributed by atoms with Gasteiger partial charge in [0.1, 0.15) is 23.3 Å². The third kappa shape index (κ3) is 7.97. The zero-order chi connectivity index (χ0) is 37.0. The topological polar surface area (TPSA) is 113 Å². The van der Waals surface area contributed by atoms with Crippen molar-refractivity contribution in [1.82, 2.24) is 19.8 Å². The third-order valence-corrected chi connectivity index (χ3v) is 11.4. The number of aromatic nitrogens is 2. The van der Waals surface area contributed by atoms with E-state index < -0.39 is 23.1 Å². The first kappa shape index (κ1) is 37.3. The monoisotopic (exact) mass is 712 g/mol. The number of carbonyl (C=O) groups is 2. The van der Waals surface area contributed by atoms with E-state index in [0.717, 1.165) is 88.3 Å². The SMILES string of the molecule is CCc1nccn1CC(c1cccc(F)c1)(C1CCN(CC2CN(c3ccc(C#N)cc3C(=O)OC(C)(C)C)C2)CC1)[C@H]1CCC[C@@H]1OC(=O)NC. The summed E-state index contributed by atoms with van der Waals surface area (Å²) in [6.45, 7) is 12.7. The van der Waals surface area contributed by atoms with Crippen LogP contribution in [0.2, 0.25) is 0 Å². The number of piperidine rings is 1. The van der Waals surface area contributed by atoms with Gasteiger partial charge in [-0.15, -0.1) is 0 Å². The van der Waals surface area contributed by atoms with Crippen LogP contribution in [0, 0.1) is 34.9 Å². The number of likely N-dealkylation sites (tertiary alicyclic amines) is 1. The molecular weight excluding hydrogens is 659 g/mol. The zero-order valence-corrected chi connectivity index (χ0v) is 31.2. The largest absolute Gasteiger partial charge is 0.456 e. The minimum atomic E-state index is -0.639. The molecule has 2 aliphatic heterocycles. The molecule has 11 heteroatoms. The van der Waals surface area contributed by atoms with Crippen molar-refractivity contribution in [3.05, 3.63) is 83.2 Å². The summed E-state index contributed by atoms with van der Waals surface area (Å²) in [5, 5.41) is 12.1. The molecule has 6 rings (SSSR count). The molecule has 1 N–H and O–H groups in total. The molecule has 0 bridgehead atoms. The molecule has 3 fully saturated rings. The van der Waals surface area contributed by atoms with Gasteiger partial charge in [-0.25, -0.2) is 19.0 Å². The predicted octanol–water partition coefficient (Wildman–Crippen LogP) is 6.72. The maximum Gasteiger partial charge on any atom is 0.407 e. The number of nitriles is 1. The number of imidazole rings is 1. The van der Waals surface area contributed by atoms with Crippen molar-refractivity contribution in [3.8, 4) is 6.07 Å². The average molecular weight is 713 g/mol. The Balaban J connectivity index is 1.21. The Bertz CT molecular complexity index is 1770. The summed E-state index contributed by atoms with van der Waals surface area (Å²) in [4.78, 5) is 35.1. The van der Waals surface area contributed by atoms with E-state index in [9.17, 15) is 14.9 Å². The van der Waals surface area contributed by atoms with Crippen LogP contribution in [0.3, 0.4) is 0 Å². The molecule has 3 heterocycles. The van der Waals surface area contributed by atoms with Crippen molar-refractivity contribution in [2.45, 2.75) is 89.9 Å². The highest BCUT2D eigenvalue weighted by Gasteiger charge is 2.53. The van der Waals surface area contributed by atoms with Gasteiger partial charge in [-0.05, 0) is 108 Å². The molecule has 278 valence electrons. The number of alkyl carbamates (subject to hydrolysis) is 1. The number of hydrogen-bond acceptors (Lipinski definition) is 8. The van der Waals surface area contributed by atoms with E-state index in [4.69, 9.17) is 9.47 Å². The number of rotatable bonds is 11. The van der Waals surface area contributed by atoms with E-state index in [2.05, 4.69) is 43.7 Å². The molecule has 52 heavy (non-hydrogen) atoms. The van der Waals surface area contributed by atoms with E-state index in [-0.39, 0.29) is 23.8 Å². The first-order valence-corrected chi connectivity index (χ1v) is 18.8. The molecule has 0 radical (unpaired) electrons. The van der Waals surface area contributed by atoms with Gasteiger partial charge in [-0.1, -0.05) is 19.1 Å². The lowest BCUT2D eigenvalue weighted by molar-refractivity contribution is 0.00143. The van der Waals surface area contributed by atoms with Gasteiger partial charge in [-0.2, -0.15) is 5.26 Å². The number of amides is 1. The number of anilines is 1. The molecule has 0 spiro atoms. The van der Waals surface area contributed by atoms with E-state index >= 15 is 4.39 Å². The highest BCUT2D eigenvalue weighted by molar-refractivity contribution is 5.96. The highest BCUT2D eigenvalue weighted by atomic mass is 19.1. The quantitative estimate of drug-likeness (QED) is 0.218. The number of halogens is 1. The van der Waals surface area contributed by atoms with Crippen LogP contribution < -0.4 is 10.2 Å². The van der Waals surface area contributed by atoms with Crippen LogP contribution in [0.1, 0.15) is 87.1 Å². The Hall–Kier alpha value is -4.43. The molecule has 3 atom stereocenters. The van der Waals surface area contributed by atoms with Crippen LogP contribution in [-0.2, 0) is 27.9 Å². The summed E-state index contributed by atoms with van der Waals surface area (Å²) in [5.74, 6) is 0.996. The lowest BCUT2D eigenvalue weighted by Gasteiger charge is -2.51. The number of hydrogen-bond donors (Lipinski definition) is 1. The molecule has 2 saturated heterocycles. The van der Waals surface area contributed by atoms with Crippen molar-refractivity contribution in [2.24, 2.45) is 17.8 Å². The maximum atomic E-state index is 15.2. The molecule has 3 aliphatic rings. The van der Waals surface area contributed by atoms with E-state index in [0.29, 0.717) is 23.6 Å². The van der Waals surface area contributed by atoms with Gasteiger partial charge < -0.3 is 29.2 Å². The van der Waals surface area contributed by atoms with Gasteiger partial charge in [0.2, 0.25) is 0 Å². The van der Waals surface area contributed by atoms with Crippen LogP contribution in [0.4, 0.5) is 14.9 Å². The van der Waals surface area contributed by atoms with E-state index in [1.165, 1.54) is 6.07 Å². The summed E-state index contributed by atoms with van der Waals surface area (Å²) < 4.78 is 29.2. The Kier molecular flexibility index (Phi) is 11.2. The number of ether oxygens (including phenoxy) is 2. The number of benzene rings is 2. The Morgan fingerprint density at radius 1 is 1.08 bits per heavy atom. The molecular formula is C41H53FN6O4. The molecule has 3 aromatic rings. The molecule has 1 saturated carbocycles. The number of nitrogens with zero attached hydrogens (tertiary/aromatic N) is 5. The predicted molar refractivity (Wildman–Crippen MR) is 198 cm³/mol. The second kappa shape index (κ2) is 15.7. The first-order valence-electron chi connectivity index (χ1n) is 18.8. The summed E-state index contributed by atoms with van der Waals surface area (Å²) >= 11 is 0. The van der Waals surface area contributed by atoms with Gasteiger partial charge in [0.05, 0.1) is 22.9 Å². The number of nitrogens with one attached hydrogen (secondary N) is 1. The fraction of sp³-hybridized carbons (Fsp3) is 0.561. The molecule has 1 aromatic heterocycles. The smallest absolute Gasteiger partial charge is 0.407 e. The van der Waals surface area contributed by atoms with Gasteiger partial charge in [-0.3, -0.25) is 0 Å². The number of esters is 1. The highest BCUT2D eigenvalue weighted by Crippen LogP contribution is 2.52. The van der Waals surface area contributed by atoms with Gasteiger partial charge in [0.15, 0.2) is 0 Å². The number of carbonyl (C=O) groups excluding carboxylic acids is 2. The fourth-order valence-electron chi connectivity index (χ4n) is 9.06. The van der Waals surface area contributed by atoms with Crippen LogP contribution in [-0.4, -0.2) is 78.0 Å². The lowest BCUT2D eigenvalue weighted by atomic mass is 9.58. The molecule has 2 aromatic carbocycles. The second-order valence-electron chi connectivity index (χ2n) is 15.8. The van der Waals surface area contributed by atoms with E-state index in [1.807, 2.05) is 45.3 Å². The molecule has 1 aliphatic carbocycles. The minimum absolute atomic E-state index is 0.0158. The standard InChI is InChI=1S/C41H53FN6O4/c1-6-37-45-17-20-47(37)27-41(31-9-7-10-32(42)22-31,34-11-8-12-36(34)51-39(50)44-5)30-15-18-46(19-16-30)24-29-25-48(26-29)35-14-13-28(23-43)21-33(35)38(49)52-40(2,3)4/h7,9-10,13-14,17,20-22,29-30,34,36H,6,8,11-12,15-16,18-19,24-27H2,1-5H3,(H,44,50)/t34-,36-,41?/m0/s1. The summed E-state index contributed by atoms with van der Waals surface area (Å²) in [5.41, 5.74) is 1.52. The van der Waals surface area contributed by atoms with Gasteiger partial charge >= 0.3 is 12.1 Å². The Morgan fingerprint density at radius 2 is 1.85 bits per heavy atom. The lowest BCUT2D eigenvalue weighted by Crippen LogP contribution is -2.55. The van der Waals surface area contributed by atoms with Gasteiger partial charge in [0, 0.05) is 69.3 Å². The molecule has 10 nitrogen and oxygen atoms in total. The molecule has 1 amide bonds. The average Bonchev–Trinajstić information content (AvgIpc) is 3.77. The fourth-order valence-corrected chi connectivity index (χ4v) is 9.06. The van der Waals surface area contributed by atoms with Crippen LogP contribution in [0.5, 0.6) is 0 Å². The second-order valence-corrected chi connectivity index (χ2v) is 15.8. The van der Waals surface area contributed by atoms with Crippen molar-refractivity contribution in [3.63, 3.8) is 0 Å². The zero-order valence-electron chi connectivity index (χ0n) is 31.2. The van der Waals surface area contributed by atoms with Crippen LogP contribution in [0.25, 0.3) is 0 Å². The maximum absolute atomic E-state index is 15.2. The van der Waals surface area contributed by atoms with Crippen molar-refractivity contribution >= 4 is 17.7 Å². The Morgan fingerprint density at radius 3 is 2.52 bits per heavy atom. The minimum Gasteiger partial charge on any atom is -0.456 e. The third-order valence-electron chi connectivity index (χ3n) is 11.4. The van der Waals surface area contributed by atoms with Crippen molar-refractivity contribution < 1.29 is 23.5 Å². The summed E-state index contributed by atoms with van der Waals surface area (Å²) in [6.07, 6.45) is 8.47. The summed E-state index contributed by atoms with van der Waals surface area (Å²) in [7, 11) is 1.59. The normalized spacial score (nSPS) is 21.2. The Labute approximate surface area is 307 Å². The van der Waals surface area contributed by atoms with Crippen LogP contribution >= 0.6 is 0 Å². The van der Waals surface area contributed by atoms with Crippen molar-refractivity contribution in [1.29, 1.82) is 5.26 Å². The van der Waals surface area contributed by atoms with Crippen molar-refractivity contribution in [2.75, 3.05) is 44.7 Å². The van der Waals surface area contributed by atoms with Gasteiger partial charge in [0.25, 0.3) is 0 Å². The van der Waals surface area contributed by atoms with Crippen LogP contribution in [0.15, 0.2) is 54.9 Å². The first-order chi connectivity index (χ1) is 24.9. The number of aryl methyl sites for hydroxylation is 1. The van der Waals surface area contributed by atoms with E-state index in [1.54, 1.807) is 25.2 Å². The summed E-state index contributed by atoms with van der Waals surface area (Å²) in [6, 6.07) is 14.5.